The normalized spacial score (nSPS) is 26.5. The van der Waals surface area contributed by atoms with Crippen molar-refractivity contribution in [2.45, 2.75) is 46.1 Å². The summed E-state index contributed by atoms with van der Waals surface area (Å²) in [5.74, 6) is 7.82. The second kappa shape index (κ2) is 5.29. The molecule has 0 aromatic rings. The van der Waals surface area contributed by atoms with E-state index in [2.05, 4.69) is 31.0 Å². The molecule has 0 aromatic heterocycles. The highest BCUT2D eigenvalue weighted by atomic mass is 14.9. The zero-order valence-corrected chi connectivity index (χ0v) is 9.06. The van der Waals surface area contributed by atoms with Crippen molar-refractivity contribution in [1.29, 1.82) is 0 Å². The minimum absolute atomic E-state index is 0.783. The first-order valence-electron chi connectivity index (χ1n) is 5.37. The fraction of sp³-hybridized carbons (Fsp3) is 0.833. The Morgan fingerprint density at radius 3 is 2.62 bits per heavy atom. The van der Waals surface area contributed by atoms with Gasteiger partial charge in [0.15, 0.2) is 0 Å². The molecule has 1 N–H and O–H groups in total. The molecule has 0 heterocycles. The summed E-state index contributed by atoms with van der Waals surface area (Å²) >= 11 is 0. The third kappa shape index (κ3) is 3.40. The molecule has 0 aromatic carbocycles. The van der Waals surface area contributed by atoms with Gasteiger partial charge in [0.1, 0.15) is 0 Å². The van der Waals surface area contributed by atoms with Gasteiger partial charge < -0.3 is 5.32 Å². The summed E-state index contributed by atoms with van der Waals surface area (Å²) in [5, 5.41) is 3.54. The average Bonchev–Trinajstić information content (AvgIpc) is 2.00. The highest BCUT2D eigenvalue weighted by Gasteiger charge is 2.30. The quantitative estimate of drug-likeness (QED) is 0.516. The molecule has 1 saturated carbocycles. The van der Waals surface area contributed by atoms with E-state index in [1.165, 1.54) is 12.8 Å². The van der Waals surface area contributed by atoms with E-state index in [0.29, 0.717) is 0 Å². The molecule has 1 aliphatic carbocycles. The van der Waals surface area contributed by atoms with E-state index in [1.54, 1.807) is 0 Å². The van der Waals surface area contributed by atoms with Crippen molar-refractivity contribution in [3.05, 3.63) is 0 Å². The summed E-state index contributed by atoms with van der Waals surface area (Å²) in [6.45, 7) is 7.61. The maximum Gasteiger partial charge on any atom is 0.0214 e. The summed E-state index contributed by atoms with van der Waals surface area (Å²) in [4.78, 5) is 0. The van der Waals surface area contributed by atoms with Crippen LogP contribution >= 0.6 is 0 Å². The highest BCUT2D eigenvalue weighted by molar-refractivity contribution is 4.96. The lowest BCUT2D eigenvalue weighted by Gasteiger charge is -2.38. The zero-order chi connectivity index (χ0) is 9.68. The monoisotopic (exact) mass is 179 g/mol. The molecule has 1 rings (SSSR count). The molecule has 1 nitrogen and oxygen atoms in total. The van der Waals surface area contributed by atoms with Gasteiger partial charge in [0, 0.05) is 19.0 Å². The lowest BCUT2D eigenvalue weighted by Crippen LogP contribution is -2.43. The molecule has 0 aliphatic heterocycles. The minimum Gasteiger partial charge on any atom is -0.313 e. The van der Waals surface area contributed by atoms with Gasteiger partial charge in [0.25, 0.3) is 0 Å². The molecule has 0 amide bonds. The number of hydrogen-bond donors (Lipinski definition) is 1. The van der Waals surface area contributed by atoms with Crippen LogP contribution in [0.5, 0.6) is 0 Å². The molecule has 1 heteroatoms. The first-order valence-corrected chi connectivity index (χ1v) is 5.37. The Balaban J connectivity index is 1.98. The van der Waals surface area contributed by atoms with E-state index in [1.807, 2.05) is 6.92 Å². The fourth-order valence-corrected chi connectivity index (χ4v) is 1.84. The van der Waals surface area contributed by atoms with Crippen molar-refractivity contribution in [2.75, 3.05) is 6.54 Å². The second-order valence-corrected chi connectivity index (χ2v) is 4.30. The Bertz CT molecular complexity index is 191. The van der Waals surface area contributed by atoms with Crippen LogP contribution in [-0.2, 0) is 0 Å². The number of hydrogen-bond acceptors (Lipinski definition) is 1. The van der Waals surface area contributed by atoms with Crippen molar-refractivity contribution < 1.29 is 0 Å². The van der Waals surface area contributed by atoms with Crippen LogP contribution in [0, 0.1) is 23.7 Å². The summed E-state index contributed by atoms with van der Waals surface area (Å²) in [6.07, 6.45) is 3.74. The van der Waals surface area contributed by atoms with Crippen molar-refractivity contribution in [3.8, 4) is 11.8 Å². The largest absolute Gasteiger partial charge is 0.313 e. The van der Waals surface area contributed by atoms with Gasteiger partial charge in [-0.25, -0.2) is 0 Å². The standard InChI is InChI=1S/C12H21N/c1-4-5-6-7-13-12-8-11(9-12)10(2)3/h10-13H,6-9H2,1-3H3. The van der Waals surface area contributed by atoms with Crippen LogP contribution in [-0.4, -0.2) is 12.6 Å². The van der Waals surface area contributed by atoms with E-state index in [-0.39, 0.29) is 0 Å². The molecule has 1 aliphatic rings. The third-order valence-corrected chi connectivity index (χ3v) is 2.98. The van der Waals surface area contributed by atoms with E-state index in [0.717, 1.165) is 30.8 Å². The summed E-state index contributed by atoms with van der Waals surface area (Å²) in [5.41, 5.74) is 0. The molecular weight excluding hydrogens is 158 g/mol. The Kier molecular flexibility index (Phi) is 4.32. The summed E-state index contributed by atoms with van der Waals surface area (Å²) in [7, 11) is 0. The van der Waals surface area contributed by atoms with E-state index >= 15 is 0 Å². The van der Waals surface area contributed by atoms with Crippen LogP contribution in [0.3, 0.4) is 0 Å². The lowest BCUT2D eigenvalue weighted by molar-refractivity contribution is 0.170. The van der Waals surface area contributed by atoms with Crippen molar-refractivity contribution >= 4 is 0 Å². The van der Waals surface area contributed by atoms with Gasteiger partial charge in [-0.1, -0.05) is 13.8 Å². The Labute approximate surface area is 82.3 Å². The van der Waals surface area contributed by atoms with Crippen LogP contribution in [0.25, 0.3) is 0 Å². The van der Waals surface area contributed by atoms with Crippen LogP contribution in [0.2, 0.25) is 0 Å². The molecular formula is C12H21N. The topological polar surface area (TPSA) is 12.0 Å². The molecule has 1 fully saturated rings. The van der Waals surface area contributed by atoms with Gasteiger partial charge in [-0.05, 0) is 31.6 Å². The van der Waals surface area contributed by atoms with E-state index in [4.69, 9.17) is 0 Å². The smallest absolute Gasteiger partial charge is 0.0214 e. The minimum atomic E-state index is 0.783. The van der Waals surface area contributed by atoms with Gasteiger partial charge in [0.2, 0.25) is 0 Å². The van der Waals surface area contributed by atoms with E-state index in [9.17, 15) is 0 Å². The predicted molar refractivity (Wildman–Crippen MR) is 57.4 cm³/mol. The van der Waals surface area contributed by atoms with Gasteiger partial charge in [0.05, 0.1) is 0 Å². The molecule has 0 radical (unpaired) electrons. The van der Waals surface area contributed by atoms with Crippen molar-refractivity contribution in [3.63, 3.8) is 0 Å². The Morgan fingerprint density at radius 2 is 2.08 bits per heavy atom. The molecule has 0 bridgehead atoms. The number of rotatable bonds is 4. The summed E-state index contributed by atoms with van der Waals surface area (Å²) < 4.78 is 0. The lowest BCUT2D eigenvalue weighted by atomic mass is 9.74. The molecule has 0 unspecified atom stereocenters. The van der Waals surface area contributed by atoms with Crippen molar-refractivity contribution in [2.24, 2.45) is 11.8 Å². The second-order valence-electron chi connectivity index (χ2n) is 4.30. The maximum absolute atomic E-state index is 3.54. The molecule has 13 heavy (non-hydrogen) atoms. The Morgan fingerprint density at radius 1 is 1.38 bits per heavy atom. The maximum atomic E-state index is 3.54. The first-order chi connectivity index (χ1) is 6.24. The molecule has 0 atom stereocenters. The average molecular weight is 179 g/mol. The predicted octanol–water partition coefficient (Wildman–Crippen LogP) is 2.42. The van der Waals surface area contributed by atoms with E-state index < -0.39 is 0 Å². The Hall–Kier alpha value is -0.480. The fourth-order valence-electron chi connectivity index (χ4n) is 1.84. The number of nitrogens with one attached hydrogen (secondary N) is 1. The van der Waals surface area contributed by atoms with Gasteiger partial charge >= 0.3 is 0 Å². The van der Waals surface area contributed by atoms with Gasteiger partial charge in [-0.2, -0.15) is 0 Å². The third-order valence-electron chi connectivity index (χ3n) is 2.98. The molecule has 74 valence electrons. The van der Waals surface area contributed by atoms with Crippen LogP contribution in [0.1, 0.15) is 40.0 Å². The first kappa shape index (κ1) is 10.6. The molecule has 0 saturated heterocycles. The van der Waals surface area contributed by atoms with Crippen LogP contribution in [0.15, 0.2) is 0 Å². The van der Waals surface area contributed by atoms with Gasteiger partial charge in [-0.15, -0.1) is 11.8 Å². The summed E-state index contributed by atoms with van der Waals surface area (Å²) in [6, 6.07) is 0.783. The SMILES string of the molecule is CC#CCCNC1CC(C(C)C)C1. The van der Waals surface area contributed by atoms with Crippen molar-refractivity contribution in [1.82, 2.24) is 5.32 Å². The molecule has 0 spiro atoms. The zero-order valence-electron chi connectivity index (χ0n) is 9.06. The van der Waals surface area contributed by atoms with Gasteiger partial charge in [-0.3, -0.25) is 0 Å². The van der Waals surface area contributed by atoms with Crippen LogP contribution in [0.4, 0.5) is 0 Å². The van der Waals surface area contributed by atoms with Crippen LogP contribution < -0.4 is 5.32 Å². The highest BCUT2D eigenvalue weighted by Crippen LogP contribution is 2.33.